The molecule has 7 heteroatoms. The lowest BCUT2D eigenvalue weighted by Gasteiger charge is -2.26. The minimum atomic E-state index is -1.62. The summed E-state index contributed by atoms with van der Waals surface area (Å²) < 4.78 is 40.0. The Morgan fingerprint density at radius 2 is 1.91 bits per heavy atom. The molecule has 1 aromatic rings. The number of benzene rings is 1. The Labute approximate surface area is 126 Å². The number of hydrogen-bond donors (Lipinski definition) is 1. The molecule has 0 unspecified atom stereocenters. The van der Waals surface area contributed by atoms with Crippen molar-refractivity contribution in [2.75, 3.05) is 18.0 Å². The van der Waals surface area contributed by atoms with E-state index in [0.717, 1.165) is 36.3 Å². The Morgan fingerprint density at radius 1 is 1.23 bits per heavy atom. The van der Waals surface area contributed by atoms with Gasteiger partial charge in [-0.2, -0.15) is 0 Å². The molecule has 0 atom stereocenters. The Bertz CT molecular complexity index is 588. The van der Waals surface area contributed by atoms with Gasteiger partial charge in [-0.25, -0.2) is 13.2 Å². The highest BCUT2D eigenvalue weighted by atomic mass is 19.2. The van der Waals surface area contributed by atoms with Gasteiger partial charge in [-0.3, -0.25) is 9.59 Å². The zero-order valence-electron chi connectivity index (χ0n) is 12.2. The molecule has 2 rings (SSSR count). The number of nitrogens with zero attached hydrogens (tertiary/aromatic N) is 1. The molecular weight excluding hydrogens is 297 g/mol. The Hall–Kier alpha value is -2.05. The molecule has 1 fully saturated rings. The second kappa shape index (κ2) is 6.81. The van der Waals surface area contributed by atoms with E-state index in [9.17, 15) is 22.8 Å². The summed E-state index contributed by atoms with van der Waals surface area (Å²) in [6.45, 7) is 1.29. The molecule has 0 radical (unpaired) electrons. The van der Waals surface area contributed by atoms with Crippen LogP contribution in [0.25, 0.3) is 0 Å². The second-order valence-corrected chi connectivity index (χ2v) is 5.28. The summed E-state index contributed by atoms with van der Waals surface area (Å²) in [6, 6.07) is 1.76. The SMILES string of the molecule is CC(=O)N(CCNC(=O)C1CCC1)c1ccc(F)c(F)c1F. The highest BCUT2D eigenvalue weighted by molar-refractivity contribution is 5.91. The second-order valence-electron chi connectivity index (χ2n) is 5.28. The minimum absolute atomic E-state index is 0.00535. The van der Waals surface area contributed by atoms with E-state index in [1.54, 1.807) is 0 Å². The van der Waals surface area contributed by atoms with E-state index < -0.39 is 23.4 Å². The van der Waals surface area contributed by atoms with Gasteiger partial charge in [0, 0.05) is 25.9 Å². The first-order valence-electron chi connectivity index (χ1n) is 7.11. The Morgan fingerprint density at radius 3 is 2.45 bits per heavy atom. The number of nitrogens with one attached hydrogen (secondary N) is 1. The van der Waals surface area contributed by atoms with E-state index in [1.165, 1.54) is 6.92 Å². The maximum atomic E-state index is 13.8. The van der Waals surface area contributed by atoms with Crippen molar-refractivity contribution in [3.05, 3.63) is 29.6 Å². The van der Waals surface area contributed by atoms with E-state index in [0.29, 0.717) is 0 Å². The Kier molecular flexibility index (Phi) is 5.05. The molecule has 22 heavy (non-hydrogen) atoms. The van der Waals surface area contributed by atoms with E-state index >= 15 is 0 Å². The molecule has 1 aromatic carbocycles. The molecule has 0 saturated heterocycles. The average Bonchev–Trinajstić information content (AvgIpc) is 2.40. The lowest BCUT2D eigenvalue weighted by Crippen LogP contribution is -2.41. The largest absolute Gasteiger partial charge is 0.354 e. The van der Waals surface area contributed by atoms with Crippen LogP contribution in [-0.2, 0) is 9.59 Å². The molecule has 1 N–H and O–H groups in total. The van der Waals surface area contributed by atoms with Crippen molar-refractivity contribution in [3.63, 3.8) is 0 Å². The van der Waals surface area contributed by atoms with Crippen molar-refractivity contribution in [1.29, 1.82) is 0 Å². The summed E-state index contributed by atoms with van der Waals surface area (Å²) in [7, 11) is 0. The van der Waals surface area contributed by atoms with Crippen LogP contribution in [0.2, 0.25) is 0 Å². The molecule has 2 amide bonds. The monoisotopic (exact) mass is 314 g/mol. The zero-order chi connectivity index (χ0) is 16.3. The smallest absolute Gasteiger partial charge is 0.224 e. The number of amides is 2. The molecule has 120 valence electrons. The third-order valence-corrected chi connectivity index (χ3v) is 3.80. The molecular formula is C15H17F3N2O2. The number of halogens is 3. The average molecular weight is 314 g/mol. The lowest BCUT2D eigenvalue weighted by atomic mass is 9.85. The van der Waals surface area contributed by atoms with Crippen LogP contribution in [0.4, 0.5) is 18.9 Å². The number of rotatable bonds is 5. The third kappa shape index (κ3) is 3.40. The van der Waals surface area contributed by atoms with Crippen LogP contribution in [-0.4, -0.2) is 24.9 Å². The molecule has 1 aliphatic rings. The summed E-state index contributed by atoms with van der Waals surface area (Å²) in [6.07, 6.45) is 2.72. The van der Waals surface area contributed by atoms with Crippen LogP contribution in [0.15, 0.2) is 12.1 Å². The van der Waals surface area contributed by atoms with Crippen molar-refractivity contribution < 1.29 is 22.8 Å². The number of carbonyl (C=O) groups is 2. The first-order chi connectivity index (χ1) is 10.4. The van der Waals surface area contributed by atoms with Crippen molar-refractivity contribution in [1.82, 2.24) is 5.32 Å². The summed E-state index contributed by atoms with van der Waals surface area (Å²) in [4.78, 5) is 24.3. The fourth-order valence-corrected chi connectivity index (χ4v) is 2.28. The van der Waals surface area contributed by atoms with E-state index in [1.807, 2.05) is 0 Å². The lowest BCUT2D eigenvalue weighted by molar-refractivity contribution is -0.127. The summed E-state index contributed by atoms with van der Waals surface area (Å²) in [5.41, 5.74) is -0.343. The number of carbonyl (C=O) groups excluding carboxylic acids is 2. The predicted molar refractivity (Wildman–Crippen MR) is 74.7 cm³/mol. The maximum Gasteiger partial charge on any atom is 0.224 e. The number of anilines is 1. The van der Waals surface area contributed by atoms with Gasteiger partial charge in [-0.15, -0.1) is 0 Å². The van der Waals surface area contributed by atoms with Crippen molar-refractivity contribution in [2.45, 2.75) is 26.2 Å². The normalized spacial score (nSPS) is 14.4. The van der Waals surface area contributed by atoms with Crippen LogP contribution in [0.1, 0.15) is 26.2 Å². The summed E-state index contributed by atoms with van der Waals surface area (Å²) in [5, 5.41) is 2.66. The highest BCUT2D eigenvalue weighted by Crippen LogP contribution is 2.26. The molecule has 0 heterocycles. The van der Waals surface area contributed by atoms with Crippen molar-refractivity contribution >= 4 is 17.5 Å². The van der Waals surface area contributed by atoms with E-state index in [2.05, 4.69) is 5.32 Å². The molecule has 0 aromatic heterocycles. The van der Waals surface area contributed by atoms with Gasteiger partial charge < -0.3 is 10.2 Å². The predicted octanol–water partition coefficient (Wildman–Crippen LogP) is 2.37. The molecule has 0 bridgehead atoms. The first kappa shape index (κ1) is 16.3. The molecule has 1 aliphatic carbocycles. The Balaban J connectivity index is 2.02. The zero-order valence-corrected chi connectivity index (χ0v) is 12.2. The maximum absolute atomic E-state index is 13.8. The molecule has 0 aliphatic heterocycles. The van der Waals surface area contributed by atoms with Crippen LogP contribution >= 0.6 is 0 Å². The summed E-state index contributed by atoms with van der Waals surface area (Å²) >= 11 is 0. The van der Waals surface area contributed by atoms with Gasteiger partial charge in [-0.05, 0) is 25.0 Å². The first-order valence-corrected chi connectivity index (χ1v) is 7.11. The standard InChI is InChI=1S/C15H17F3N2O2/c1-9(21)20(8-7-19-15(22)10-3-2-4-10)12-6-5-11(16)13(17)14(12)18/h5-6,10H,2-4,7-8H2,1H3,(H,19,22). The fourth-order valence-electron chi connectivity index (χ4n) is 2.28. The molecule has 0 spiro atoms. The van der Waals surface area contributed by atoms with Gasteiger partial charge in [0.1, 0.15) is 0 Å². The van der Waals surface area contributed by atoms with Crippen LogP contribution in [0.3, 0.4) is 0 Å². The van der Waals surface area contributed by atoms with Crippen LogP contribution in [0, 0.1) is 23.4 Å². The van der Waals surface area contributed by atoms with Gasteiger partial charge in [-0.1, -0.05) is 6.42 Å². The quantitative estimate of drug-likeness (QED) is 0.848. The van der Waals surface area contributed by atoms with E-state index in [-0.39, 0.29) is 30.6 Å². The van der Waals surface area contributed by atoms with Gasteiger partial charge in [0.25, 0.3) is 0 Å². The minimum Gasteiger partial charge on any atom is -0.354 e. The van der Waals surface area contributed by atoms with Crippen molar-refractivity contribution in [3.8, 4) is 0 Å². The van der Waals surface area contributed by atoms with E-state index in [4.69, 9.17) is 0 Å². The van der Waals surface area contributed by atoms with Crippen molar-refractivity contribution in [2.24, 2.45) is 5.92 Å². The van der Waals surface area contributed by atoms with Gasteiger partial charge in [0.05, 0.1) is 5.69 Å². The van der Waals surface area contributed by atoms with Gasteiger partial charge in [0.2, 0.25) is 11.8 Å². The third-order valence-electron chi connectivity index (χ3n) is 3.80. The van der Waals surface area contributed by atoms with Crippen LogP contribution in [0.5, 0.6) is 0 Å². The highest BCUT2D eigenvalue weighted by Gasteiger charge is 2.25. The topological polar surface area (TPSA) is 49.4 Å². The van der Waals surface area contributed by atoms with Gasteiger partial charge in [0.15, 0.2) is 17.5 Å². The summed E-state index contributed by atoms with van der Waals surface area (Å²) in [5.74, 6) is -4.97. The van der Waals surface area contributed by atoms with Crippen LogP contribution < -0.4 is 10.2 Å². The fraction of sp³-hybridized carbons (Fsp3) is 0.467. The molecule has 4 nitrogen and oxygen atoms in total. The number of hydrogen-bond acceptors (Lipinski definition) is 2. The molecule has 1 saturated carbocycles. The van der Waals surface area contributed by atoms with Gasteiger partial charge >= 0.3 is 0 Å².